The Kier molecular flexibility index (Phi) is 3.55. The summed E-state index contributed by atoms with van der Waals surface area (Å²) >= 11 is 0. The molecule has 2 aromatic rings. The first-order valence-corrected chi connectivity index (χ1v) is 5.73. The van der Waals surface area contributed by atoms with Crippen molar-refractivity contribution in [2.75, 3.05) is 5.32 Å². The van der Waals surface area contributed by atoms with Crippen LogP contribution in [0.5, 0.6) is 0 Å². The first-order valence-electron chi connectivity index (χ1n) is 5.73. The Morgan fingerprint density at radius 1 is 1.47 bits per heavy atom. The minimum absolute atomic E-state index is 0.800. The van der Waals surface area contributed by atoms with Gasteiger partial charge >= 0.3 is 0 Å². The topological polar surface area (TPSA) is 53.6 Å². The van der Waals surface area contributed by atoms with Gasteiger partial charge in [-0.2, -0.15) is 0 Å². The van der Waals surface area contributed by atoms with E-state index in [0.29, 0.717) is 0 Å². The fourth-order valence-electron chi connectivity index (χ4n) is 1.56. The van der Waals surface area contributed by atoms with Crippen LogP contribution in [0.1, 0.15) is 20.3 Å². The zero-order valence-electron chi connectivity index (χ0n) is 10.1. The highest BCUT2D eigenvalue weighted by Crippen LogP contribution is 2.18. The molecule has 0 fully saturated rings. The lowest BCUT2D eigenvalue weighted by Gasteiger charge is -2.06. The number of rotatable bonds is 4. The molecule has 2 aromatic heterocycles. The maximum absolute atomic E-state index is 4.25. The largest absolute Gasteiger partial charge is 0.357 e. The molecule has 0 aliphatic carbocycles. The maximum Gasteiger partial charge on any atom is 0.158 e. The van der Waals surface area contributed by atoms with Crippen LogP contribution in [0.15, 0.2) is 42.5 Å². The lowest BCUT2D eigenvalue weighted by molar-refractivity contribution is 1.19. The molecule has 0 spiro atoms. The van der Waals surface area contributed by atoms with Crippen molar-refractivity contribution in [2.45, 2.75) is 20.3 Å². The summed E-state index contributed by atoms with van der Waals surface area (Å²) in [6.45, 7) is 4.10. The molecular formula is C13H16N4. The number of aromatic nitrogens is 3. The van der Waals surface area contributed by atoms with E-state index in [-0.39, 0.29) is 0 Å². The molecule has 2 rings (SSSR count). The van der Waals surface area contributed by atoms with Gasteiger partial charge in [-0.1, -0.05) is 19.1 Å². The molecule has 0 aliphatic rings. The summed E-state index contributed by atoms with van der Waals surface area (Å²) in [6, 6.07) is 1.93. The summed E-state index contributed by atoms with van der Waals surface area (Å²) in [5.41, 5.74) is 2.87. The zero-order valence-corrected chi connectivity index (χ0v) is 10.1. The van der Waals surface area contributed by atoms with Crippen LogP contribution in [0, 0.1) is 0 Å². The Labute approximate surface area is 100 Å². The highest BCUT2D eigenvalue weighted by molar-refractivity contribution is 5.86. The SMILES string of the molecule is C/C=C(\C=C/CC)Nc1ncnc2cc[nH]c12. The predicted octanol–water partition coefficient (Wildman–Crippen LogP) is 3.24. The summed E-state index contributed by atoms with van der Waals surface area (Å²) in [6.07, 6.45) is 10.6. The maximum atomic E-state index is 4.25. The summed E-state index contributed by atoms with van der Waals surface area (Å²) in [7, 11) is 0. The predicted molar refractivity (Wildman–Crippen MR) is 70.7 cm³/mol. The quantitative estimate of drug-likeness (QED) is 0.790. The molecule has 0 saturated heterocycles. The monoisotopic (exact) mass is 228 g/mol. The van der Waals surface area contributed by atoms with E-state index < -0.39 is 0 Å². The van der Waals surface area contributed by atoms with Gasteiger partial charge in [-0.25, -0.2) is 9.97 Å². The van der Waals surface area contributed by atoms with E-state index in [9.17, 15) is 0 Å². The van der Waals surface area contributed by atoms with Crippen LogP contribution < -0.4 is 5.32 Å². The number of hydrogen-bond donors (Lipinski definition) is 2. The third-order valence-corrected chi connectivity index (χ3v) is 2.45. The normalized spacial score (nSPS) is 12.5. The molecule has 0 saturated carbocycles. The van der Waals surface area contributed by atoms with Gasteiger partial charge in [0, 0.05) is 11.9 Å². The lowest BCUT2D eigenvalue weighted by Crippen LogP contribution is -2.00. The summed E-state index contributed by atoms with van der Waals surface area (Å²) in [5, 5.41) is 3.28. The molecule has 88 valence electrons. The van der Waals surface area contributed by atoms with Gasteiger partial charge in [-0.15, -0.1) is 0 Å². The molecule has 4 nitrogen and oxygen atoms in total. The van der Waals surface area contributed by atoms with E-state index in [2.05, 4.69) is 39.3 Å². The van der Waals surface area contributed by atoms with Crippen molar-refractivity contribution < 1.29 is 0 Å². The van der Waals surface area contributed by atoms with E-state index in [1.165, 1.54) is 0 Å². The van der Waals surface area contributed by atoms with Gasteiger partial charge in [0.05, 0.1) is 5.52 Å². The average molecular weight is 228 g/mol. The van der Waals surface area contributed by atoms with Crippen LogP contribution in [-0.4, -0.2) is 15.0 Å². The van der Waals surface area contributed by atoms with Gasteiger partial charge in [-0.3, -0.25) is 0 Å². The van der Waals surface area contributed by atoms with Crippen LogP contribution in [0.3, 0.4) is 0 Å². The van der Waals surface area contributed by atoms with Gasteiger partial charge in [0.2, 0.25) is 0 Å². The molecule has 2 heterocycles. The second-order valence-corrected chi connectivity index (χ2v) is 3.64. The van der Waals surface area contributed by atoms with Crippen molar-refractivity contribution in [1.29, 1.82) is 0 Å². The number of H-pyrrole nitrogens is 1. The van der Waals surface area contributed by atoms with Crippen molar-refractivity contribution in [1.82, 2.24) is 15.0 Å². The second-order valence-electron chi connectivity index (χ2n) is 3.64. The number of aromatic amines is 1. The molecular weight excluding hydrogens is 212 g/mol. The molecule has 0 unspecified atom stereocenters. The Balaban J connectivity index is 2.28. The van der Waals surface area contributed by atoms with Crippen LogP contribution in [0.2, 0.25) is 0 Å². The van der Waals surface area contributed by atoms with Crippen LogP contribution >= 0.6 is 0 Å². The molecule has 0 atom stereocenters. The van der Waals surface area contributed by atoms with Gasteiger partial charge in [-0.05, 0) is 25.5 Å². The van der Waals surface area contributed by atoms with Crippen molar-refractivity contribution in [3.63, 3.8) is 0 Å². The highest BCUT2D eigenvalue weighted by atomic mass is 15.0. The average Bonchev–Trinajstić information content (AvgIpc) is 2.83. The Bertz CT molecular complexity index is 551. The summed E-state index contributed by atoms with van der Waals surface area (Å²) in [4.78, 5) is 11.6. The van der Waals surface area contributed by atoms with Crippen molar-refractivity contribution in [3.05, 3.63) is 42.5 Å². The van der Waals surface area contributed by atoms with E-state index in [4.69, 9.17) is 0 Å². The molecule has 0 amide bonds. The first-order chi connectivity index (χ1) is 8.35. The Morgan fingerprint density at radius 3 is 3.12 bits per heavy atom. The van der Waals surface area contributed by atoms with Crippen LogP contribution in [0.4, 0.5) is 5.82 Å². The Hall–Kier alpha value is -2.10. The summed E-state index contributed by atoms with van der Waals surface area (Å²) in [5.74, 6) is 0.800. The van der Waals surface area contributed by atoms with E-state index in [0.717, 1.165) is 29.0 Å². The molecule has 2 N–H and O–H groups in total. The van der Waals surface area contributed by atoms with Gasteiger partial charge in [0.15, 0.2) is 5.82 Å². The van der Waals surface area contributed by atoms with E-state index >= 15 is 0 Å². The molecule has 17 heavy (non-hydrogen) atoms. The van der Waals surface area contributed by atoms with E-state index in [1.54, 1.807) is 6.33 Å². The van der Waals surface area contributed by atoms with Crippen LogP contribution in [0.25, 0.3) is 11.0 Å². The minimum Gasteiger partial charge on any atom is -0.357 e. The van der Waals surface area contributed by atoms with Crippen molar-refractivity contribution in [3.8, 4) is 0 Å². The molecule has 0 aliphatic heterocycles. The van der Waals surface area contributed by atoms with Crippen LogP contribution in [-0.2, 0) is 0 Å². The fraction of sp³-hybridized carbons (Fsp3) is 0.231. The van der Waals surface area contributed by atoms with Crippen molar-refractivity contribution >= 4 is 16.9 Å². The molecule has 0 radical (unpaired) electrons. The Morgan fingerprint density at radius 2 is 2.35 bits per heavy atom. The van der Waals surface area contributed by atoms with Gasteiger partial charge < -0.3 is 10.3 Å². The smallest absolute Gasteiger partial charge is 0.158 e. The molecule has 0 aromatic carbocycles. The number of nitrogens with zero attached hydrogens (tertiary/aromatic N) is 2. The molecule has 0 bridgehead atoms. The highest BCUT2D eigenvalue weighted by Gasteiger charge is 2.04. The third kappa shape index (κ3) is 2.53. The summed E-state index contributed by atoms with van der Waals surface area (Å²) < 4.78 is 0. The lowest BCUT2D eigenvalue weighted by atomic mass is 10.3. The number of allylic oxidation sites excluding steroid dienone is 3. The van der Waals surface area contributed by atoms with Crippen molar-refractivity contribution in [2.24, 2.45) is 0 Å². The number of anilines is 1. The zero-order chi connectivity index (χ0) is 12.1. The third-order valence-electron chi connectivity index (χ3n) is 2.45. The van der Waals surface area contributed by atoms with E-state index in [1.807, 2.05) is 25.3 Å². The number of nitrogens with one attached hydrogen (secondary N) is 2. The van der Waals surface area contributed by atoms with Gasteiger partial charge in [0.1, 0.15) is 11.8 Å². The number of hydrogen-bond acceptors (Lipinski definition) is 3. The standard InChI is InChI=1S/C13H16N4/c1-3-5-6-10(4-2)17-13-12-11(7-8-14-12)15-9-16-13/h4-9,14H,3H2,1-2H3,(H,15,16,17)/b6-5-,10-4+. The van der Waals surface area contributed by atoms with Gasteiger partial charge in [0.25, 0.3) is 0 Å². The number of fused-ring (bicyclic) bond motifs is 1. The first kappa shape index (κ1) is 11.4. The second kappa shape index (κ2) is 5.30. The fourth-order valence-corrected chi connectivity index (χ4v) is 1.56. The minimum atomic E-state index is 0.800. The molecule has 4 heteroatoms.